The van der Waals surface area contributed by atoms with Crippen LogP contribution in [0.4, 0.5) is 4.79 Å². The minimum Gasteiger partial charge on any atom is -0.465 e. The molecule has 1 aromatic carbocycles. The van der Waals surface area contributed by atoms with E-state index < -0.39 is 17.1 Å². The average Bonchev–Trinajstić information content (AvgIpc) is 2.60. The van der Waals surface area contributed by atoms with E-state index in [4.69, 9.17) is 9.47 Å². The van der Waals surface area contributed by atoms with Crippen LogP contribution in [0.25, 0.3) is 0 Å². The molecule has 0 aromatic heterocycles. The van der Waals surface area contributed by atoms with Gasteiger partial charge in [-0.3, -0.25) is 4.79 Å². The van der Waals surface area contributed by atoms with Crippen molar-refractivity contribution in [2.75, 3.05) is 6.61 Å². The van der Waals surface area contributed by atoms with E-state index in [0.29, 0.717) is 13.0 Å². The minimum atomic E-state index is -0.641. The summed E-state index contributed by atoms with van der Waals surface area (Å²) in [5.74, 6) is -0.157. The third-order valence-electron chi connectivity index (χ3n) is 4.67. The number of ether oxygens (including phenoxy) is 2. The fourth-order valence-corrected chi connectivity index (χ4v) is 3.48. The van der Waals surface area contributed by atoms with Gasteiger partial charge in [-0.25, -0.2) is 4.79 Å². The van der Waals surface area contributed by atoms with E-state index in [9.17, 15) is 9.59 Å². The standard InChI is InChI=1S/C23H37NO4/c1-7-16-23(20(25)27-8-2,19-14-10-9-11-15-19)17-12-13-18(3)24-21(26)28-22(4,5)6/h9-11,14-15,18H,7-8,12-13,16-17H2,1-6H3,(H,24,26)/t18-,23?/m0/s1. The number of nitrogens with one attached hydrogen (secondary N) is 1. The maximum absolute atomic E-state index is 13.0. The molecule has 1 rings (SSSR count). The first kappa shape index (κ1) is 24.0. The third-order valence-corrected chi connectivity index (χ3v) is 4.67. The summed E-state index contributed by atoms with van der Waals surface area (Å²) < 4.78 is 10.8. The van der Waals surface area contributed by atoms with E-state index in [1.54, 1.807) is 0 Å². The summed E-state index contributed by atoms with van der Waals surface area (Å²) in [4.78, 5) is 24.9. The summed E-state index contributed by atoms with van der Waals surface area (Å²) in [6.07, 6.45) is 3.46. The van der Waals surface area contributed by atoms with Gasteiger partial charge in [0.25, 0.3) is 0 Å². The van der Waals surface area contributed by atoms with Crippen LogP contribution in [0.1, 0.15) is 79.2 Å². The van der Waals surface area contributed by atoms with Gasteiger partial charge >= 0.3 is 12.1 Å². The Hall–Kier alpha value is -2.04. The predicted molar refractivity (Wildman–Crippen MR) is 112 cm³/mol. The Morgan fingerprint density at radius 2 is 1.71 bits per heavy atom. The van der Waals surface area contributed by atoms with Crippen molar-refractivity contribution in [3.05, 3.63) is 35.9 Å². The molecule has 1 N–H and O–H groups in total. The Balaban J connectivity index is 2.82. The lowest BCUT2D eigenvalue weighted by Gasteiger charge is -2.32. The second-order valence-electron chi connectivity index (χ2n) is 8.36. The van der Waals surface area contributed by atoms with Gasteiger partial charge in [-0.15, -0.1) is 0 Å². The molecule has 0 bridgehead atoms. The molecule has 5 heteroatoms. The number of amides is 1. The Morgan fingerprint density at radius 1 is 1.07 bits per heavy atom. The van der Waals surface area contributed by atoms with Crippen LogP contribution in [0.15, 0.2) is 30.3 Å². The van der Waals surface area contributed by atoms with Crippen molar-refractivity contribution in [3.8, 4) is 0 Å². The first-order valence-electron chi connectivity index (χ1n) is 10.4. The van der Waals surface area contributed by atoms with E-state index >= 15 is 0 Å². The second kappa shape index (κ2) is 11.1. The molecule has 2 atom stereocenters. The topological polar surface area (TPSA) is 64.6 Å². The Morgan fingerprint density at radius 3 is 2.25 bits per heavy atom. The lowest BCUT2D eigenvalue weighted by molar-refractivity contribution is -0.151. The van der Waals surface area contributed by atoms with Crippen LogP contribution in [0.3, 0.4) is 0 Å². The highest BCUT2D eigenvalue weighted by Gasteiger charge is 2.40. The number of hydrogen-bond donors (Lipinski definition) is 1. The van der Waals surface area contributed by atoms with Crippen molar-refractivity contribution in [1.82, 2.24) is 5.32 Å². The average molecular weight is 392 g/mol. The van der Waals surface area contributed by atoms with Gasteiger partial charge in [-0.2, -0.15) is 0 Å². The molecule has 0 aliphatic rings. The zero-order valence-electron chi connectivity index (χ0n) is 18.3. The van der Waals surface area contributed by atoms with Gasteiger partial charge in [0.2, 0.25) is 0 Å². The first-order chi connectivity index (χ1) is 13.1. The van der Waals surface area contributed by atoms with Gasteiger partial charge in [0.15, 0.2) is 0 Å². The number of esters is 1. The van der Waals surface area contributed by atoms with Crippen molar-refractivity contribution >= 4 is 12.1 Å². The van der Waals surface area contributed by atoms with E-state index in [1.165, 1.54) is 0 Å². The molecule has 0 saturated carbocycles. The summed E-state index contributed by atoms with van der Waals surface area (Å²) in [5, 5.41) is 2.87. The van der Waals surface area contributed by atoms with Crippen LogP contribution in [0.5, 0.6) is 0 Å². The quantitative estimate of drug-likeness (QED) is 0.545. The Bertz CT molecular complexity index is 609. The van der Waals surface area contributed by atoms with Crippen LogP contribution < -0.4 is 5.32 Å². The lowest BCUT2D eigenvalue weighted by atomic mass is 9.73. The van der Waals surface area contributed by atoms with E-state index in [-0.39, 0.29) is 12.0 Å². The monoisotopic (exact) mass is 391 g/mol. The van der Waals surface area contributed by atoms with E-state index in [1.807, 2.05) is 65.0 Å². The van der Waals surface area contributed by atoms with Crippen molar-refractivity contribution < 1.29 is 19.1 Å². The molecule has 0 aliphatic heterocycles. The molecule has 1 aromatic rings. The lowest BCUT2D eigenvalue weighted by Crippen LogP contribution is -2.39. The SMILES string of the molecule is CCCC(CCC[C@H](C)NC(=O)OC(C)(C)C)(C(=O)OCC)c1ccccc1. The summed E-state index contributed by atoms with van der Waals surface area (Å²) >= 11 is 0. The van der Waals surface area contributed by atoms with Crippen LogP contribution in [-0.2, 0) is 19.7 Å². The fourth-order valence-electron chi connectivity index (χ4n) is 3.48. The van der Waals surface area contributed by atoms with Crippen molar-refractivity contribution in [3.63, 3.8) is 0 Å². The summed E-state index contributed by atoms with van der Waals surface area (Å²) in [6.45, 7) is 11.8. The Labute approximate surface area is 170 Å². The molecule has 0 spiro atoms. The number of alkyl carbamates (subject to hydrolysis) is 1. The number of benzene rings is 1. The fraction of sp³-hybridized carbons (Fsp3) is 0.652. The summed E-state index contributed by atoms with van der Waals surface area (Å²) in [6, 6.07) is 9.87. The highest BCUT2D eigenvalue weighted by molar-refractivity contribution is 5.83. The molecule has 5 nitrogen and oxygen atoms in total. The number of carbonyl (C=O) groups is 2. The highest BCUT2D eigenvalue weighted by Crippen LogP contribution is 2.36. The van der Waals surface area contributed by atoms with Gasteiger partial charge in [-0.1, -0.05) is 43.7 Å². The largest absolute Gasteiger partial charge is 0.465 e. The van der Waals surface area contributed by atoms with Gasteiger partial charge < -0.3 is 14.8 Å². The van der Waals surface area contributed by atoms with Crippen LogP contribution in [-0.4, -0.2) is 30.3 Å². The maximum Gasteiger partial charge on any atom is 0.407 e. The maximum atomic E-state index is 13.0. The smallest absolute Gasteiger partial charge is 0.407 e. The third kappa shape index (κ3) is 7.53. The number of hydrogen-bond acceptors (Lipinski definition) is 4. The molecule has 0 radical (unpaired) electrons. The molecule has 1 unspecified atom stereocenters. The minimum absolute atomic E-state index is 0.0351. The van der Waals surface area contributed by atoms with Crippen molar-refractivity contribution in [2.24, 2.45) is 0 Å². The molecule has 0 heterocycles. The summed E-state index contributed by atoms with van der Waals surface area (Å²) in [5.41, 5.74) is -0.155. The second-order valence-corrected chi connectivity index (χ2v) is 8.36. The zero-order chi connectivity index (χ0) is 21.2. The van der Waals surface area contributed by atoms with Gasteiger partial charge in [0.1, 0.15) is 5.60 Å². The molecular formula is C23H37NO4. The van der Waals surface area contributed by atoms with Gasteiger partial charge in [-0.05, 0) is 65.9 Å². The highest BCUT2D eigenvalue weighted by atomic mass is 16.6. The number of carbonyl (C=O) groups excluding carboxylic acids is 2. The molecule has 158 valence electrons. The first-order valence-corrected chi connectivity index (χ1v) is 10.4. The normalized spacial score (nSPS) is 14.6. The van der Waals surface area contributed by atoms with Crippen molar-refractivity contribution in [1.29, 1.82) is 0 Å². The summed E-state index contributed by atoms with van der Waals surface area (Å²) in [7, 11) is 0. The molecule has 28 heavy (non-hydrogen) atoms. The van der Waals surface area contributed by atoms with Gasteiger partial charge in [0.05, 0.1) is 12.0 Å². The molecule has 0 fully saturated rings. The van der Waals surface area contributed by atoms with E-state index in [0.717, 1.165) is 31.2 Å². The predicted octanol–water partition coefficient (Wildman–Crippen LogP) is 5.37. The Kier molecular flexibility index (Phi) is 9.50. The number of rotatable bonds is 10. The van der Waals surface area contributed by atoms with Crippen molar-refractivity contribution in [2.45, 2.75) is 90.7 Å². The molecular weight excluding hydrogens is 354 g/mol. The molecule has 0 aliphatic carbocycles. The molecule has 1 amide bonds. The van der Waals surface area contributed by atoms with Crippen LogP contribution >= 0.6 is 0 Å². The van der Waals surface area contributed by atoms with Crippen LogP contribution in [0, 0.1) is 0 Å². The van der Waals surface area contributed by atoms with Crippen LogP contribution in [0.2, 0.25) is 0 Å². The zero-order valence-corrected chi connectivity index (χ0v) is 18.3. The molecule has 0 saturated heterocycles. The van der Waals surface area contributed by atoms with E-state index in [2.05, 4.69) is 12.2 Å². The van der Waals surface area contributed by atoms with Gasteiger partial charge in [0, 0.05) is 6.04 Å².